The molecule has 0 saturated heterocycles. The van der Waals surface area contributed by atoms with E-state index < -0.39 is 0 Å². The highest BCUT2D eigenvalue weighted by Crippen LogP contribution is 2.35. The molecular formula is C17H20BrNS. The van der Waals surface area contributed by atoms with Crippen molar-refractivity contribution < 1.29 is 0 Å². The summed E-state index contributed by atoms with van der Waals surface area (Å²) in [7, 11) is 0. The zero-order valence-corrected chi connectivity index (χ0v) is 14.5. The highest BCUT2D eigenvalue weighted by Gasteiger charge is 2.11. The van der Waals surface area contributed by atoms with E-state index in [0.717, 1.165) is 11.0 Å². The molecule has 2 aromatic rings. The SMILES string of the molecule is CC(C)(C)NCc1ccccc1Sc1ccccc1Br. The fraction of sp³-hybridized carbons (Fsp3) is 0.294. The Balaban J connectivity index is 2.18. The van der Waals surface area contributed by atoms with E-state index >= 15 is 0 Å². The zero-order valence-electron chi connectivity index (χ0n) is 12.1. The van der Waals surface area contributed by atoms with Crippen LogP contribution >= 0.6 is 27.7 Å². The van der Waals surface area contributed by atoms with Crippen LogP contribution in [0, 0.1) is 0 Å². The topological polar surface area (TPSA) is 12.0 Å². The summed E-state index contributed by atoms with van der Waals surface area (Å²) >= 11 is 5.42. The van der Waals surface area contributed by atoms with Gasteiger partial charge in [-0.1, -0.05) is 42.1 Å². The van der Waals surface area contributed by atoms with Crippen molar-refractivity contribution in [3.63, 3.8) is 0 Å². The van der Waals surface area contributed by atoms with Crippen molar-refractivity contribution in [1.82, 2.24) is 5.32 Å². The van der Waals surface area contributed by atoms with Crippen molar-refractivity contribution in [3.05, 3.63) is 58.6 Å². The van der Waals surface area contributed by atoms with E-state index in [9.17, 15) is 0 Å². The Morgan fingerprint density at radius 1 is 0.950 bits per heavy atom. The lowest BCUT2D eigenvalue weighted by Crippen LogP contribution is -2.35. The molecule has 0 amide bonds. The Bertz CT molecular complexity index is 575. The summed E-state index contributed by atoms with van der Waals surface area (Å²) in [5, 5.41) is 3.55. The van der Waals surface area contributed by atoms with Crippen LogP contribution in [0.4, 0.5) is 0 Å². The average molecular weight is 350 g/mol. The Kier molecular flexibility index (Phi) is 5.30. The normalized spacial score (nSPS) is 11.6. The smallest absolute Gasteiger partial charge is 0.0314 e. The first-order valence-corrected chi connectivity index (χ1v) is 8.32. The first-order chi connectivity index (χ1) is 9.46. The minimum Gasteiger partial charge on any atom is -0.308 e. The molecule has 0 unspecified atom stereocenters. The molecule has 0 aliphatic carbocycles. The van der Waals surface area contributed by atoms with Crippen molar-refractivity contribution >= 4 is 27.7 Å². The molecule has 106 valence electrons. The van der Waals surface area contributed by atoms with Gasteiger partial charge in [0.1, 0.15) is 0 Å². The summed E-state index contributed by atoms with van der Waals surface area (Å²) in [6, 6.07) is 16.9. The molecule has 0 bridgehead atoms. The number of hydrogen-bond acceptors (Lipinski definition) is 2. The predicted octanol–water partition coefficient (Wildman–Crippen LogP) is 5.49. The first kappa shape index (κ1) is 15.6. The standard InChI is InChI=1S/C17H20BrNS/c1-17(2,3)19-12-13-8-4-6-10-15(13)20-16-11-7-5-9-14(16)18/h4-11,19H,12H2,1-3H3. The van der Waals surface area contributed by atoms with Crippen molar-refractivity contribution in [1.29, 1.82) is 0 Å². The number of benzene rings is 2. The number of halogens is 1. The second-order valence-electron chi connectivity index (χ2n) is 5.74. The van der Waals surface area contributed by atoms with Crippen LogP contribution in [0.15, 0.2) is 62.8 Å². The van der Waals surface area contributed by atoms with E-state index in [1.165, 1.54) is 15.4 Å². The van der Waals surface area contributed by atoms with E-state index in [1.54, 1.807) is 11.8 Å². The van der Waals surface area contributed by atoms with Gasteiger partial charge >= 0.3 is 0 Å². The van der Waals surface area contributed by atoms with Crippen LogP contribution in [0.25, 0.3) is 0 Å². The van der Waals surface area contributed by atoms with Crippen LogP contribution in [0.2, 0.25) is 0 Å². The lowest BCUT2D eigenvalue weighted by Gasteiger charge is -2.21. The largest absolute Gasteiger partial charge is 0.308 e. The van der Waals surface area contributed by atoms with Crippen LogP contribution in [0.5, 0.6) is 0 Å². The van der Waals surface area contributed by atoms with Gasteiger partial charge in [-0.05, 0) is 60.5 Å². The van der Waals surface area contributed by atoms with Gasteiger partial charge in [0.15, 0.2) is 0 Å². The highest BCUT2D eigenvalue weighted by molar-refractivity contribution is 9.10. The van der Waals surface area contributed by atoms with Crippen LogP contribution in [-0.2, 0) is 6.54 Å². The molecule has 0 spiro atoms. The third-order valence-electron chi connectivity index (χ3n) is 2.84. The molecular weight excluding hydrogens is 330 g/mol. The summed E-state index contributed by atoms with van der Waals surface area (Å²) in [6.45, 7) is 7.46. The maximum Gasteiger partial charge on any atom is 0.0314 e. The fourth-order valence-electron chi connectivity index (χ4n) is 1.76. The van der Waals surface area contributed by atoms with Crippen molar-refractivity contribution in [3.8, 4) is 0 Å². The molecule has 3 heteroatoms. The summed E-state index contributed by atoms with van der Waals surface area (Å²) in [4.78, 5) is 2.55. The van der Waals surface area contributed by atoms with Gasteiger partial charge < -0.3 is 5.32 Å². The van der Waals surface area contributed by atoms with Gasteiger partial charge in [0.05, 0.1) is 0 Å². The number of hydrogen-bond donors (Lipinski definition) is 1. The minimum atomic E-state index is 0.130. The summed E-state index contributed by atoms with van der Waals surface area (Å²) < 4.78 is 1.14. The van der Waals surface area contributed by atoms with Crippen molar-refractivity contribution in [2.24, 2.45) is 0 Å². The minimum absolute atomic E-state index is 0.130. The average Bonchev–Trinajstić information content (AvgIpc) is 2.39. The van der Waals surface area contributed by atoms with Crippen LogP contribution in [-0.4, -0.2) is 5.54 Å². The Labute approximate surface area is 134 Å². The summed E-state index contributed by atoms with van der Waals surface area (Å²) in [5.74, 6) is 0. The molecule has 0 aromatic heterocycles. The lowest BCUT2D eigenvalue weighted by atomic mass is 10.1. The van der Waals surface area contributed by atoms with Crippen LogP contribution in [0.1, 0.15) is 26.3 Å². The van der Waals surface area contributed by atoms with Gasteiger partial charge in [0, 0.05) is 26.3 Å². The Morgan fingerprint density at radius 3 is 2.20 bits per heavy atom. The quantitative estimate of drug-likeness (QED) is 0.783. The van der Waals surface area contributed by atoms with Crippen LogP contribution < -0.4 is 5.32 Å². The van der Waals surface area contributed by atoms with E-state index in [4.69, 9.17) is 0 Å². The molecule has 0 fully saturated rings. The highest BCUT2D eigenvalue weighted by atomic mass is 79.9. The molecule has 2 aromatic carbocycles. The van der Waals surface area contributed by atoms with Gasteiger partial charge in [-0.3, -0.25) is 0 Å². The van der Waals surface area contributed by atoms with Gasteiger partial charge in [0.2, 0.25) is 0 Å². The fourth-order valence-corrected chi connectivity index (χ4v) is 3.25. The zero-order chi connectivity index (χ0) is 14.6. The molecule has 0 aliphatic rings. The maximum atomic E-state index is 3.61. The van der Waals surface area contributed by atoms with Crippen LogP contribution in [0.3, 0.4) is 0 Å². The van der Waals surface area contributed by atoms with E-state index in [-0.39, 0.29) is 5.54 Å². The second-order valence-corrected chi connectivity index (χ2v) is 7.68. The molecule has 0 saturated carbocycles. The van der Waals surface area contributed by atoms with E-state index in [0.29, 0.717) is 0 Å². The number of nitrogens with one attached hydrogen (secondary N) is 1. The third-order valence-corrected chi connectivity index (χ3v) is 4.99. The second kappa shape index (κ2) is 6.79. The molecule has 1 nitrogen and oxygen atoms in total. The summed E-state index contributed by atoms with van der Waals surface area (Å²) in [5.41, 5.74) is 1.47. The third kappa shape index (κ3) is 4.65. The van der Waals surface area contributed by atoms with Gasteiger partial charge in [-0.25, -0.2) is 0 Å². The molecule has 0 aliphatic heterocycles. The lowest BCUT2D eigenvalue weighted by molar-refractivity contribution is 0.422. The molecule has 2 rings (SSSR count). The molecule has 0 radical (unpaired) electrons. The van der Waals surface area contributed by atoms with Crippen molar-refractivity contribution in [2.75, 3.05) is 0 Å². The van der Waals surface area contributed by atoms with Gasteiger partial charge in [-0.15, -0.1) is 0 Å². The van der Waals surface area contributed by atoms with E-state index in [2.05, 4.69) is 84.5 Å². The van der Waals surface area contributed by atoms with Gasteiger partial charge in [0.25, 0.3) is 0 Å². The van der Waals surface area contributed by atoms with Crippen molar-refractivity contribution in [2.45, 2.75) is 42.6 Å². The molecule has 20 heavy (non-hydrogen) atoms. The monoisotopic (exact) mass is 349 g/mol. The van der Waals surface area contributed by atoms with E-state index in [1.807, 2.05) is 6.07 Å². The molecule has 0 atom stereocenters. The maximum absolute atomic E-state index is 3.61. The summed E-state index contributed by atoms with van der Waals surface area (Å²) in [6.07, 6.45) is 0. The predicted molar refractivity (Wildman–Crippen MR) is 91.3 cm³/mol. The molecule has 0 heterocycles. The molecule has 1 N–H and O–H groups in total. The first-order valence-electron chi connectivity index (χ1n) is 6.71. The van der Waals surface area contributed by atoms with Gasteiger partial charge in [-0.2, -0.15) is 0 Å². The Hall–Kier alpha value is -0.770. The number of rotatable bonds is 4. The Morgan fingerprint density at radius 2 is 1.55 bits per heavy atom.